The topological polar surface area (TPSA) is 87.7 Å². The van der Waals surface area contributed by atoms with Gasteiger partial charge in [0, 0.05) is 11.3 Å². The number of aryl methyl sites for hydroxylation is 1. The third kappa shape index (κ3) is 4.25. The van der Waals surface area contributed by atoms with Crippen molar-refractivity contribution in [2.75, 3.05) is 22.6 Å². The number of nitrogens with one attached hydrogen (secondary N) is 2. The Kier molecular flexibility index (Phi) is 6.38. The van der Waals surface area contributed by atoms with Crippen LogP contribution in [-0.2, 0) is 9.59 Å². The summed E-state index contributed by atoms with van der Waals surface area (Å²) in [4.78, 5) is 39.5. The maximum Gasteiger partial charge on any atom is 0.283 e. The van der Waals surface area contributed by atoms with Crippen LogP contribution in [0.2, 0.25) is 0 Å². The van der Waals surface area contributed by atoms with E-state index < -0.39 is 11.8 Å². The number of halogens is 1. The predicted molar refractivity (Wildman–Crippen MR) is 132 cm³/mol. The molecule has 0 saturated heterocycles. The molecule has 3 aromatic rings. The zero-order valence-electron chi connectivity index (χ0n) is 18.8. The van der Waals surface area contributed by atoms with Gasteiger partial charge >= 0.3 is 0 Å². The predicted octanol–water partition coefficient (Wildman–Crippen LogP) is 5.00. The number of nitrogens with zero attached hydrogens (tertiary/aromatic N) is 1. The second kappa shape index (κ2) is 9.41. The molecule has 4 rings (SSSR count). The molecule has 3 aromatic carbocycles. The van der Waals surface area contributed by atoms with E-state index >= 15 is 0 Å². The number of carbonyl (C=O) groups excluding carboxylic acids is 3. The fourth-order valence-corrected chi connectivity index (χ4v) is 3.81. The van der Waals surface area contributed by atoms with Crippen molar-refractivity contribution >= 4 is 46.4 Å². The van der Waals surface area contributed by atoms with Crippen molar-refractivity contribution in [3.8, 4) is 5.75 Å². The van der Waals surface area contributed by atoms with Crippen LogP contribution in [0.25, 0.3) is 0 Å². The first-order valence-electron chi connectivity index (χ1n) is 10.5. The van der Waals surface area contributed by atoms with Crippen LogP contribution < -0.4 is 20.3 Å². The second-order valence-corrected chi connectivity index (χ2v) is 8.09. The molecule has 0 aromatic heterocycles. The van der Waals surface area contributed by atoms with E-state index in [2.05, 4.69) is 10.6 Å². The molecule has 0 radical (unpaired) electrons. The van der Waals surface area contributed by atoms with E-state index in [1.54, 1.807) is 54.6 Å². The zero-order chi connectivity index (χ0) is 24.4. The second-order valence-electron chi connectivity index (χ2n) is 7.71. The van der Waals surface area contributed by atoms with Crippen molar-refractivity contribution in [2.24, 2.45) is 0 Å². The largest absolute Gasteiger partial charge is 0.495 e. The molecule has 0 spiro atoms. The number of ether oxygens (including phenoxy) is 1. The Labute approximate surface area is 202 Å². The molecule has 0 aliphatic carbocycles. The Bertz CT molecular complexity index is 1330. The van der Waals surface area contributed by atoms with Crippen LogP contribution in [0.15, 0.2) is 77.5 Å². The fourth-order valence-electron chi connectivity index (χ4n) is 3.60. The maximum absolute atomic E-state index is 13.1. The zero-order valence-corrected chi connectivity index (χ0v) is 19.6. The van der Waals surface area contributed by atoms with Crippen LogP contribution in [0.1, 0.15) is 21.5 Å². The number of carbonyl (C=O) groups is 3. The van der Waals surface area contributed by atoms with Crippen LogP contribution in [0.3, 0.4) is 0 Å². The van der Waals surface area contributed by atoms with E-state index in [4.69, 9.17) is 16.3 Å². The van der Waals surface area contributed by atoms with Gasteiger partial charge in [0.2, 0.25) is 0 Å². The molecule has 0 bridgehead atoms. The number of amides is 3. The molecule has 172 valence electrons. The van der Waals surface area contributed by atoms with Crippen LogP contribution in [0.4, 0.5) is 17.1 Å². The lowest BCUT2D eigenvalue weighted by Gasteiger charge is -2.18. The minimum atomic E-state index is -0.587. The third-order valence-electron chi connectivity index (χ3n) is 5.62. The number of hydrogen-bond donors (Lipinski definition) is 2. The smallest absolute Gasteiger partial charge is 0.283 e. The van der Waals surface area contributed by atoms with Crippen molar-refractivity contribution in [1.82, 2.24) is 0 Å². The summed E-state index contributed by atoms with van der Waals surface area (Å²) >= 11 is 6.24. The van der Waals surface area contributed by atoms with E-state index in [9.17, 15) is 14.4 Å². The summed E-state index contributed by atoms with van der Waals surface area (Å²) in [6.45, 7) is 3.75. The van der Waals surface area contributed by atoms with E-state index in [0.717, 1.165) is 16.0 Å². The summed E-state index contributed by atoms with van der Waals surface area (Å²) in [6, 6.07) is 19.0. The summed E-state index contributed by atoms with van der Waals surface area (Å²) in [6.07, 6.45) is 0. The van der Waals surface area contributed by atoms with Crippen molar-refractivity contribution in [3.05, 3.63) is 94.1 Å². The van der Waals surface area contributed by atoms with Crippen molar-refractivity contribution < 1.29 is 19.1 Å². The number of hydrogen-bond acceptors (Lipinski definition) is 5. The Morgan fingerprint density at radius 2 is 1.62 bits per heavy atom. The monoisotopic (exact) mass is 475 g/mol. The maximum atomic E-state index is 13.1. The molecule has 0 unspecified atom stereocenters. The average molecular weight is 476 g/mol. The normalized spacial score (nSPS) is 13.4. The third-order valence-corrected chi connectivity index (χ3v) is 5.97. The molecule has 34 heavy (non-hydrogen) atoms. The number of rotatable bonds is 6. The Hall–Kier alpha value is -4.10. The van der Waals surface area contributed by atoms with Crippen molar-refractivity contribution in [1.29, 1.82) is 0 Å². The van der Waals surface area contributed by atoms with Gasteiger partial charge in [-0.15, -0.1) is 0 Å². The van der Waals surface area contributed by atoms with Gasteiger partial charge in [0.05, 0.1) is 18.5 Å². The van der Waals surface area contributed by atoms with Gasteiger partial charge in [-0.05, 0) is 67.4 Å². The van der Waals surface area contributed by atoms with Gasteiger partial charge in [0.25, 0.3) is 17.7 Å². The molecule has 8 heteroatoms. The van der Waals surface area contributed by atoms with E-state index in [1.807, 2.05) is 26.0 Å². The minimum absolute atomic E-state index is 0.0150. The Balaban J connectivity index is 1.51. The molecule has 1 heterocycles. The van der Waals surface area contributed by atoms with E-state index in [0.29, 0.717) is 28.4 Å². The van der Waals surface area contributed by atoms with Crippen LogP contribution >= 0.6 is 11.6 Å². The lowest BCUT2D eigenvalue weighted by atomic mass is 10.1. The molecule has 3 amide bonds. The average Bonchev–Trinajstić information content (AvgIpc) is 3.04. The van der Waals surface area contributed by atoms with Gasteiger partial charge in [0.1, 0.15) is 16.5 Å². The molecule has 2 N–H and O–H groups in total. The molecule has 0 fully saturated rings. The first-order chi connectivity index (χ1) is 16.3. The van der Waals surface area contributed by atoms with Crippen LogP contribution in [0, 0.1) is 13.8 Å². The number of para-hydroxylation sites is 2. The summed E-state index contributed by atoms with van der Waals surface area (Å²) in [5, 5.41) is 5.54. The Morgan fingerprint density at radius 3 is 2.32 bits per heavy atom. The van der Waals surface area contributed by atoms with Gasteiger partial charge in [-0.25, -0.2) is 4.90 Å². The van der Waals surface area contributed by atoms with Gasteiger partial charge in [-0.2, -0.15) is 0 Å². The molecule has 0 saturated carbocycles. The number of imide groups is 1. The van der Waals surface area contributed by atoms with Crippen LogP contribution in [-0.4, -0.2) is 24.8 Å². The van der Waals surface area contributed by atoms with Crippen molar-refractivity contribution in [3.63, 3.8) is 0 Å². The van der Waals surface area contributed by atoms with E-state index in [-0.39, 0.29) is 16.6 Å². The lowest BCUT2D eigenvalue weighted by molar-refractivity contribution is -0.120. The quantitative estimate of drug-likeness (QED) is 0.490. The first-order valence-corrected chi connectivity index (χ1v) is 10.9. The number of methoxy groups -OCH3 is 1. The van der Waals surface area contributed by atoms with Crippen LogP contribution in [0.5, 0.6) is 5.75 Å². The molecule has 1 aliphatic rings. The highest BCUT2D eigenvalue weighted by Crippen LogP contribution is 2.33. The summed E-state index contributed by atoms with van der Waals surface area (Å²) < 4.78 is 5.25. The molecular formula is C26H22ClN3O4. The summed E-state index contributed by atoms with van der Waals surface area (Å²) in [5.41, 5.74) is 3.72. The first kappa shape index (κ1) is 23.1. The SMILES string of the molecule is COc1ccccc1NC(=O)c1ccc(NC2=C(Cl)C(=O)N(c3cccc(C)c3C)C2=O)cc1. The van der Waals surface area contributed by atoms with E-state index in [1.165, 1.54) is 7.11 Å². The van der Waals surface area contributed by atoms with Gasteiger partial charge in [-0.1, -0.05) is 35.9 Å². The highest BCUT2D eigenvalue weighted by molar-refractivity contribution is 6.53. The molecule has 7 nitrogen and oxygen atoms in total. The molecule has 0 atom stereocenters. The molecule has 1 aliphatic heterocycles. The highest BCUT2D eigenvalue weighted by atomic mass is 35.5. The summed E-state index contributed by atoms with van der Waals surface area (Å²) in [7, 11) is 1.53. The highest BCUT2D eigenvalue weighted by Gasteiger charge is 2.39. The summed E-state index contributed by atoms with van der Waals surface area (Å²) in [5.74, 6) is -0.896. The van der Waals surface area contributed by atoms with Gasteiger partial charge < -0.3 is 15.4 Å². The fraction of sp³-hybridized carbons (Fsp3) is 0.115. The standard InChI is InChI=1S/C26H22ClN3O4/c1-15-7-6-9-20(16(15)2)30-25(32)22(27)23(26(30)33)28-18-13-11-17(12-14-18)24(31)29-19-8-4-5-10-21(19)34-3/h4-14,28H,1-3H3,(H,29,31). The lowest BCUT2D eigenvalue weighted by Crippen LogP contribution is -2.33. The minimum Gasteiger partial charge on any atom is -0.495 e. The molecular weight excluding hydrogens is 454 g/mol. The van der Waals surface area contributed by atoms with Crippen molar-refractivity contribution in [2.45, 2.75) is 13.8 Å². The number of anilines is 3. The number of benzene rings is 3. The van der Waals surface area contributed by atoms with Gasteiger partial charge in [0.15, 0.2) is 0 Å². The van der Waals surface area contributed by atoms with Gasteiger partial charge in [-0.3, -0.25) is 14.4 Å². The Morgan fingerprint density at radius 1 is 0.912 bits per heavy atom.